The first kappa shape index (κ1) is 25.1. The molecule has 3 heterocycles. The summed E-state index contributed by atoms with van der Waals surface area (Å²) in [6, 6.07) is 16.8. The maximum Gasteiger partial charge on any atom is 0.330 e. The van der Waals surface area contributed by atoms with Gasteiger partial charge in [-0.1, -0.05) is 37.3 Å². The van der Waals surface area contributed by atoms with Gasteiger partial charge in [0.15, 0.2) is 5.65 Å². The highest BCUT2D eigenvalue weighted by molar-refractivity contribution is 7.89. The zero-order valence-electron chi connectivity index (χ0n) is 20.8. The van der Waals surface area contributed by atoms with Crippen molar-refractivity contribution in [2.45, 2.75) is 37.8 Å². The lowest BCUT2D eigenvalue weighted by Gasteiger charge is -2.37. The zero-order valence-corrected chi connectivity index (χ0v) is 21.7. The molecule has 0 aliphatic carbocycles. The van der Waals surface area contributed by atoms with Crippen LogP contribution < -0.4 is 11.2 Å². The molecule has 2 aromatic heterocycles. The molecule has 2 N–H and O–H groups in total. The van der Waals surface area contributed by atoms with Crippen molar-refractivity contribution in [3.05, 3.63) is 81.0 Å². The van der Waals surface area contributed by atoms with Crippen molar-refractivity contribution in [3.8, 4) is 11.4 Å². The van der Waals surface area contributed by atoms with E-state index < -0.39 is 21.3 Å². The number of hydrogen-bond acceptors (Lipinski definition) is 6. The van der Waals surface area contributed by atoms with Crippen LogP contribution in [0.1, 0.15) is 31.9 Å². The molecule has 0 spiro atoms. The first-order valence-electron chi connectivity index (χ1n) is 12.4. The van der Waals surface area contributed by atoms with Gasteiger partial charge in [-0.3, -0.25) is 19.2 Å². The van der Waals surface area contributed by atoms with Crippen molar-refractivity contribution in [1.82, 2.24) is 28.7 Å². The minimum Gasteiger partial charge on any atom is -0.332 e. The number of nitrogens with zero attached hydrogens (tertiary/aromatic N) is 4. The Balaban J connectivity index is 1.32. The Morgan fingerprint density at radius 2 is 1.62 bits per heavy atom. The normalized spacial score (nSPS) is 16.3. The monoisotopic (exact) mass is 522 g/mol. The first-order chi connectivity index (χ1) is 17.8. The van der Waals surface area contributed by atoms with Gasteiger partial charge < -0.3 is 4.98 Å². The Labute approximate surface area is 214 Å². The van der Waals surface area contributed by atoms with Gasteiger partial charge in [0.25, 0.3) is 5.56 Å². The van der Waals surface area contributed by atoms with Crippen LogP contribution in [0.2, 0.25) is 0 Å². The molecule has 1 fully saturated rings. The van der Waals surface area contributed by atoms with E-state index in [-0.39, 0.29) is 22.1 Å². The van der Waals surface area contributed by atoms with E-state index in [1.54, 1.807) is 24.3 Å². The molecule has 0 radical (unpaired) electrons. The quantitative estimate of drug-likeness (QED) is 0.384. The van der Waals surface area contributed by atoms with Crippen molar-refractivity contribution < 1.29 is 8.42 Å². The van der Waals surface area contributed by atoms with Crippen molar-refractivity contribution >= 4 is 21.2 Å². The van der Waals surface area contributed by atoms with E-state index in [1.807, 2.05) is 25.1 Å². The fraction of sp³-hybridized carbons (Fsp3) is 0.346. The average molecular weight is 523 g/mol. The first-order valence-corrected chi connectivity index (χ1v) is 13.9. The Kier molecular flexibility index (Phi) is 6.84. The van der Waals surface area contributed by atoms with E-state index in [1.165, 1.54) is 9.87 Å². The van der Waals surface area contributed by atoms with Crippen LogP contribution in [0.15, 0.2) is 69.1 Å². The summed E-state index contributed by atoms with van der Waals surface area (Å²) >= 11 is 0. The minimum atomic E-state index is -3.65. The Morgan fingerprint density at radius 3 is 2.27 bits per heavy atom. The summed E-state index contributed by atoms with van der Waals surface area (Å²) < 4.78 is 29.3. The second kappa shape index (κ2) is 10.1. The Bertz CT molecular complexity index is 1620. The van der Waals surface area contributed by atoms with Crippen molar-refractivity contribution in [2.24, 2.45) is 0 Å². The molecule has 4 aromatic rings. The number of H-pyrrole nitrogens is 2. The lowest BCUT2D eigenvalue weighted by atomic mass is 10.1. The number of piperazine rings is 1. The summed E-state index contributed by atoms with van der Waals surface area (Å²) in [5.41, 5.74) is 1.28. The number of fused-ring (bicyclic) bond motifs is 1. The Hall–Kier alpha value is -3.54. The van der Waals surface area contributed by atoms with E-state index in [2.05, 4.69) is 38.9 Å². The van der Waals surface area contributed by atoms with Gasteiger partial charge in [0.05, 0.1) is 4.90 Å². The van der Waals surface area contributed by atoms with Gasteiger partial charge >= 0.3 is 5.69 Å². The van der Waals surface area contributed by atoms with Gasteiger partial charge in [0.2, 0.25) is 10.0 Å². The van der Waals surface area contributed by atoms with Crippen LogP contribution in [-0.2, 0) is 16.6 Å². The maximum absolute atomic E-state index is 13.3. The third kappa shape index (κ3) is 4.77. The van der Waals surface area contributed by atoms with Gasteiger partial charge in [0, 0.05) is 44.3 Å². The fourth-order valence-corrected chi connectivity index (χ4v) is 6.21. The minimum absolute atomic E-state index is 0.177. The SMILES string of the molecule is CCCn1c(=O)[nH]c2nc(-c3ccc(S(=O)(=O)N4CCN(C(C)c5ccccc5)CC4)cc3)[nH]c2c1=O. The van der Waals surface area contributed by atoms with Crippen LogP contribution in [0.5, 0.6) is 0 Å². The molecular formula is C26H30N6O4S. The molecule has 194 valence electrons. The molecule has 1 saturated heterocycles. The highest BCUT2D eigenvalue weighted by atomic mass is 32.2. The second-order valence-corrected chi connectivity index (χ2v) is 11.2. The number of nitrogens with one attached hydrogen (secondary N) is 2. The molecule has 0 bridgehead atoms. The second-order valence-electron chi connectivity index (χ2n) is 9.25. The molecule has 10 nitrogen and oxygen atoms in total. The van der Waals surface area contributed by atoms with Crippen LogP contribution >= 0.6 is 0 Å². The van der Waals surface area contributed by atoms with E-state index in [9.17, 15) is 18.0 Å². The maximum atomic E-state index is 13.3. The number of hydrogen-bond donors (Lipinski definition) is 2. The summed E-state index contributed by atoms with van der Waals surface area (Å²) in [5.74, 6) is 0.379. The predicted molar refractivity (Wildman–Crippen MR) is 142 cm³/mol. The van der Waals surface area contributed by atoms with Gasteiger partial charge in [-0.15, -0.1) is 0 Å². The lowest BCUT2D eigenvalue weighted by molar-refractivity contribution is 0.146. The summed E-state index contributed by atoms with van der Waals surface area (Å²) in [7, 11) is -3.65. The third-order valence-electron chi connectivity index (χ3n) is 6.95. The topological polar surface area (TPSA) is 124 Å². The van der Waals surface area contributed by atoms with Crippen molar-refractivity contribution in [1.29, 1.82) is 0 Å². The lowest BCUT2D eigenvalue weighted by Crippen LogP contribution is -2.49. The molecule has 1 aliphatic heterocycles. The molecule has 1 atom stereocenters. The molecule has 1 aliphatic rings. The highest BCUT2D eigenvalue weighted by Gasteiger charge is 2.30. The number of aromatic nitrogens is 4. The molecule has 5 rings (SSSR count). The smallest absolute Gasteiger partial charge is 0.330 e. The fourth-order valence-electron chi connectivity index (χ4n) is 4.79. The number of imidazole rings is 1. The van der Waals surface area contributed by atoms with Gasteiger partial charge in [0.1, 0.15) is 11.3 Å². The molecule has 37 heavy (non-hydrogen) atoms. The van der Waals surface area contributed by atoms with Crippen LogP contribution in [-0.4, -0.2) is 63.3 Å². The number of sulfonamides is 1. The molecule has 2 aromatic carbocycles. The highest BCUT2D eigenvalue weighted by Crippen LogP contribution is 2.25. The molecule has 0 amide bonds. The average Bonchev–Trinajstić information content (AvgIpc) is 3.35. The van der Waals surface area contributed by atoms with Gasteiger partial charge in [-0.2, -0.15) is 4.31 Å². The van der Waals surface area contributed by atoms with E-state index >= 15 is 0 Å². The summed E-state index contributed by atoms with van der Waals surface area (Å²) in [6.45, 7) is 6.48. The van der Waals surface area contributed by atoms with Crippen molar-refractivity contribution in [2.75, 3.05) is 26.2 Å². The molecular weight excluding hydrogens is 492 g/mol. The third-order valence-corrected chi connectivity index (χ3v) is 8.86. The van der Waals surface area contributed by atoms with Crippen LogP contribution in [0.25, 0.3) is 22.6 Å². The number of benzene rings is 2. The van der Waals surface area contributed by atoms with Crippen LogP contribution in [0, 0.1) is 0 Å². The van der Waals surface area contributed by atoms with Crippen LogP contribution in [0.4, 0.5) is 0 Å². The molecule has 1 unspecified atom stereocenters. The largest absolute Gasteiger partial charge is 0.332 e. The van der Waals surface area contributed by atoms with Gasteiger partial charge in [-0.05, 0) is 43.2 Å². The number of aromatic amines is 2. The predicted octanol–water partition coefficient (Wildman–Crippen LogP) is 2.56. The van der Waals surface area contributed by atoms with Crippen molar-refractivity contribution in [3.63, 3.8) is 0 Å². The van der Waals surface area contributed by atoms with Crippen LogP contribution in [0.3, 0.4) is 0 Å². The number of rotatable bonds is 7. The standard InChI is InChI=1S/C26H30N6O4S/c1-3-13-32-25(33)22-24(29-26(32)34)28-23(27-22)20-9-11-21(12-10-20)37(35,36)31-16-14-30(15-17-31)18(2)19-7-5-4-6-8-19/h4-12,18H,3,13-17H2,1-2H3,(H,27,28)(H,29,34). The molecule has 0 saturated carbocycles. The van der Waals surface area contributed by atoms with E-state index in [0.29, 0.717) is 50.5 Å². The van der Waals surface area contributed by atoms with E-state index in [4.69, 9.17) is 0 Å². The molecule has 11 heteroatoms. The zero-order chi connectivity index (χ0) is 26.2. The Morgan fingerprint density at radius 1 is 0.946 bits per heavy atom. The summed E-state index contributed by atoms with van der Waals surface area (Å²) in [6.07, 6.45) is 0.645. The van der Waals surface area contributed by atoms with E-state index in [0.717, 1.165) is 4.57 Å². The van der Waals surface area contributed by atoms with Gasteiger partial charge in [-0.25, -0.2) is 18.2 Å². The summed E-state index contributed by atoms with van der Waals surface area (Å²) in [4.78, 5) is 37.3. The summed E-state index contributed by atoms with van der Waals surface area (Å²) in [5, 5.41) is 0.